The third-order valence-corrected chi connectivity index (χ3v) is 8.17. The molecule has 0 aliphatic carbocycles. The summed E-state index contributed by atoms with van der Waals surface area (Å²) < 4.78 is 28.1. The maximum absolute atomic E-state index is 12.6. The Morgan fingerprint density at radius 3 is 2.52 bits per heavy atom. The zero-order valence-electron chi connectivity index (χ0n) is 12.3. The lowest BCUT2D eigenvalue weighted by Gasteiger charge is -2.30. The molecule has 0 amide bonds. The lowest BCUT2D eigenvalue weighted by atomic mass is 9.98. The van der Waals surface area contributed by atoms with Gasteiger partial charge in [0.1, 0.15) is 4.21 Å². The van der Waals surface area contributed by atoms with Gasteiger partial charge in [-0.1, -0.05) is 6.92 Å². The maximum atomic E-state index is 12.6. The van der Waals surface area contributed by atoms with Crippen molar-refractivity contribution in [3.63, 3.8) is 0 Å². The molecule has 21 heavy (non-hydrogen) atoms. The monoisotopic (exact) mass is 416 g/mol. The molecule has 1 N–H and O–H groups in total. The van der Waals surface area contributed by atoms with Crippen molar-refractivity contribution in [1.82, 2.24) is 9.62 Å². The zero-order valence-corrected chi connectivity index (χ0v) is 16.3. The third kappa shape index (κ3) is 4.65. The summed E-state index contributed by atoms with van der Waals surface area (Å²) in [5.74, 6) is 0.596. The van der Waals surface area contributed by atoms with Crippen LogP contribution in [0.5, 0.6) is 0 Å². The molecule has 4 nitrogen and oxygen atoms in total. The van der Waals surface area contributed by atoms with E-state index in [-0.39, 0.29) is 12.4 Å². The Morgan fingerprint density at radius 2 is 2.05 bits per heavy atom. The number of halogens is 2. The smallest absolute Gasteiger partial charge is 0.252 e. The van der Waals surface area contributed by atoms with Gasteiger partial charge in [-0.05, 0) is 66.3 Å². The lowest BCUT2D eigenvalue weighted by Crippen LogP contribution is -2.40. The van der Waals surface area contributed by atoms with Crippen molar-refractivity contribution in [2.45, 2.75) is 30.9 Å². The van der Waals surface area contributed by atoms with Crippen molar-refractivity contribution in [1.29, 1.82) is 0 Å². The molecule has 1 aromatic rings. The highest BCUT2D eigenvalue weighted by molar-refractivity contribution is 9.11. The van der Waals surface area contributed by atoms with Gasteiger partial charge in [0.05, 0.1) is 3.79 Å². The lowest BCUT2D eigenvalue weighted by molar-refractivity contribution is 0.269. The second-order valence-corrected chi connectivity index (χ2v) is 9.71. The van der Waals surface area contributed by atoms with E-state index >= 15 is 0 Å². The summed E-state index contributed by atoms with van der Waals surface area (Å²) >= 11 is 4.70. The van der Waals surface area contributed by atoms with Gasteiger partial charge < -0.3 is 5.32 Å². The Morgan fingerprint density at radius 1 is 1.43 bits per heavy atom. The normalized spacial score (nSPS) is 17.7. The van der Waals surface area contributed by atoms with E-state index in [1.165, 1.54) is 11.3 Å². The fourth-order valence-corrected chi connectivity index (χ4v) is 6.24. The summed E-state index contributed by atoms with van der Waals surface area (Å²) in [6.07, 6.45) is 1.88. The van der Waals surface area contributed by atoms with Crippen LogP contribution in [0.3, 0.4) is 0 Å². The number of piperidine rings is 1. The van der Waals surface area contributed by atoms with E-state index in [1.54, 1.807) is 10.4 Å². The van der Waals surface area contributed by atoms with Crippen molar-refractivity contribution >= 4 is 49.7 Å². The van der Waals surface area contributed by atoms with E-state index in [9.17, 15) is 8.42 Å². The highest BCUT2D eigenvalue weighted by Gasteiger charge is 2.30. The van der Waals surface area contributed by atoms with E-state index in [4.69, 9.17) is 0 Å². The SMILES string of the molecule is CCNCC1CCN(S(=O)(=O)c2cc(C)c(Br)s2)CC1.Cl. The molecule has 0 radical (unpaired) electrons. The third-order valence-electron chi connectivity index (χ3n) is 3.69. The number of hydrogen-bond acceptors (Lipinski definition) is 4. The minimum absolute atomic E-state index is 0. The first kappa shape index (κ1) is 19.4. The van der Waals surface area contributed by atoms with Crippen LogP contribution in [0.25, 0.3) is 0 Å². The van der Waals surface area contributed by atoms with Gasteiger partial charge in [0.15, 0.2) is 0 Å². The molecular formula is C13H22BrClN2O2S2. The molecule has 2 heterocycles. The minimum Gasteiger partial charge on any atom is -0.317 e. The van der Waals surface area contributed by atoms with Gasteiger partial charge >= 0.3 is 0 Å². The number of rotatable bonds is 5. The molecule has 0 saturated carbocycles. The summed E-state index contributed by atoms with van der Waals surface area (Å²) in [5.41, 5.74) is 0.982. The molecule has 1 aromatic heterocycles. The zero-order chi connectivity index (χ0) is 14.8. The Labute approximate surface area is 145 Å². The van der Waals surface area contributed by atoms with Crippen molar-refractivity contribution in [2.24, 2.45) is 5.92 Å². The number of nitrogens with one attached hydrogen (secondary N) is 1. The Hall–Kier alpha value is 0.340. The first-order valence-electron chi connectivity index (χ1n) is 6.92. The fraction of sp³-hybridized carbons (Fsp3) is 0.692. The molecule has 0 bridgehead atoms. The molecule has 2 rings (SSSR count). The molecule has 1 saturated heterocycles. The summed E-state index contributed by atoms with van der Waals surface area (Å²) in [4.78, 5) is 0. The molecule has 0 aromatic carbocycles. The van der Waals surface area contributed by atoms with Gasteiger partial charge in [-0.3, -0.25) is 0 Å². The van der Waals surface area contributed by atoms with Crippen LogP contribution in [-0.4, -0.2) is 38.9 Å². The first-order chi connectivity index (χ1) is 9.45. The van der Waals surface area contributed by atoms with E-state index in [2.05, 4.69) is 28.2 Å². The van der Waals surface area contributed by atoms with Gasteiger partial charge in [-0.25, -0.2) is 8.42 Å². The molecule has 122 valence electrons. The molecule has 1 aliphatic heterocycles. The number of nitrogens with zero attached hydrogens (tertiary/aromatic N) is 1. The average molecular weight is 418 g/mol. The number of aryl methyl sites for hydroxylation is 1. The predicted molar refractivity (Wildman–Crippen MR) is 94.0 cm³/mol. The van der Waals surface area contributed by atoms with Gasteiger partial charge in [0.2, 0.25) is 0 Å². The van der Waals surface area contributed by atoms with Crippen LogP contribution in [0, 0.1) is 12.8 Å². The molecule has 0 unspecified atom stereocenters. The largest absolute Gasteiger partial charge is 0.317 e. The summed E-state index contributed by atoms with van der Waals surface area (Å²) in [6, 6.07) is 1.76. The van der Waals surface area contributed by atoms with E-state index in [1.807, 2.05) is 6.92 Å². The summed E-state index contributed by atoms with van der Waals surface area (Å²) in [6.45, 7) is 7.24. The van der Waals surface area contributed by atoms with Crippen LogP contribution in [0.2, 0.25) is 0 Å². The predicted octanol–water partition coefficient (Wildman–Crippen LogP) is 3.25. The standard InChI is InChI=1S/C13H21BrN2O2S2.ClH/c1-3-15-9-11-4-6-16(7-5-11)20(17,18)12-8-10(2)13(14)19-12;/h8,11,15H,3-7,9H2,1-2H3;1H. The van der Waals surface area contributed by atoms with Crippen LogP contribution in [0.1, 0.15) is 25.3 Å². The van der Waals surface area contributed by atoms with Crippen LogP contribution >= 0.6 is 39.7 Å². The Balaban J connectivity index is 0.00000220. The molecule has 1 fully saturated rings. The summed E-state index contributed by atoms with van der Waals surface area (Å²) in [7, 11) is -3.31. The number of hydrogen-bond donors (Lipinski definition) is 1. The first-order valence-corrected chi connectivity index (χ1v) is 9.97. The minimum atomic E-state index is -3.31. The van der Waals surface area contributed by atoms with Crippen LogP contribution in [0.4, 0.5) is 0 Å². The van der Waals surface area contributed by atoms with Gasteiger partial charge in [0, 0.05) is 13.1 Å². The van der Waals surface area contributed by atoms with E-state index < -0.39 is 10.0 Å². The molecule has 1 aliphatic rings. The Bertz CT molecular complexity index is 535. The van der Waals surface area contributed by atoms with E-state index in [0.717, 1.165) is 35.3 Å². The van der Waals surface area contributed by atoms with Crippen LogP contribution in [0.15, 0.2) is 14.1 Å². The van der Waals surface area contributed by atoms with Crippen LogP contribution in [-0.2, 0) is 10.0 Å². The second kappa shape index (κ2) is 8.26. The highest BCUT2D eigenvalue weighted by atomic mass is 79.9. The van der Waals surface area contributed by atoms with Crippen LogP contribution < -0.4 is 5.32 Å². The van der Waals surface area contributed by atoms with Crippen molar-refractivity contribution in [3.8, 4) is 0 Å². The Kier molecular flexibility index (Phi) is 7.63. The molecule has 0 atom stereocenters. The maximum Gasteiger partial charge on any atom is 0.252 e. The average Bonchev–Trinajstić information content (AvgIpc) is 2.77. The second-order valence-electron chi connectivity index (χ2n) is 5.18. The van der Waals surface area contributed by atoms with Gasteiger partial charge in [-0.2, -0.15) is 4.31 Å². The molecular weight excluding hydrogens is 396 g/mol. The molecule has 8 heteroatoms. The topological polar surface area (TPSA) is 49.4 Å². The number of sulfonamides is 1. The summed E-state index contributed by atoms with van der Waals surface area (Å²) in [5, 5.41) is 3.34. The van der Waals surface area contributed by atoms with Gasteiger partial charge in [0.25, 0.3) is 10.0 Å². The van der Waals surface area contributed by atoms with Crippen molar-refractivity contribution in [3.05, 3.63) is 15.4 Å². The van der Waals surface area contributed by atoms with Crippen molar-refractivity contribution in [2.75, 3.05) is 26.2 Å². The quantitative estimate of drug-likeness (QED) is 0.800. The van der Waals surface area contributed by atoms with E-state index in [0.29, 0.717) is 23.2 Å². The fourth-order valence-electron chi connectivity index (χ4n) is 2.39. The molecule has 0 spiro atoms. The highest BCUT2D eigenvalue weighted by Crippen LogP contribution is 2.33. The van der Waals surface area contributed by atoms with Gasteiger partial charge in [-0.15, -0.1) is 23.7 Å². The van der Waals surface area contributed by atoms with Crippen molar-refractivity contribution < 1.29 is 8.42 Å². The number of thiophene rings is 1.